The zero-order valence-electron chi connectivity index (χ0n) is 17.5. The molecule has 3 heterocycles. The second-order valence-electron chi connectivity index (χ2n) is 9.18. The van der Waals surface area contributed by atoms with Crippen molar-refractivity contribution >= 4 is 17.5 Å². The standard InChI is InChI=1S/C22H31N3O3/c1-14(26)11-25-12-18-19(21(25)27)15(2)16(3)20(23-18)24-9-5-17(6-10-24)28-13-22(4)7-8-22/h17H,5-13H2,1-4H3. The highest BCUT2D eigenvalue weighted by atomic mass is 16.5. The van der Waals surface area contributed by atoms with E-state index in [1.807, 2.05) is 6.92 Å². The van der Waals surface area contributed by atoms with Crippen LogP contribution in [0, 0.1) is 19.3 Å². The van der Waals surface area contributed by atoms with E-state index in [0.717, 1.165) is 55.2 Å². The summed E-state index contributed by atoms with van der Waals surface area (Å²) in [5.74, 6) is 0.921. The molecule has 0 unspecified atom stereocenters. The molecule has 1 amide bonds. The molecule has 2 aliphatic heterocycles. The molecule has 1 aliphatic carbocycles. The molecule has 1 aromatic rings. The summed E-state index contributed by atoms with van der Waals surface area (Å²) in [5, 5.41) is 0. The van der Waals surface area contributed by atoms with Crippen molar-refractivity contribution in [3.63, 3.8) is 0 Å². The third-order valence-electron chi connectivity index (χ3n) is 6.57. The number of nitrogens with zero attached hydrogens (tertiary/aromatic N) is 3. The Balaban J connectivity index is 1.46. The largest absolute Gasteiger partial charge is 0.378 e. The number of Topliss-reactive ketones (excluding diaryl/α,β-unsaturated/α-hetero) is 1. The molecule has 1 saturated heterocycles. The van der Waals surface area contributed by atoms with Crippen LogP contribution in [0.2, 0.25) is 0 Å². The average molecular weight is 386 g/mol. The summed E-state index contributed by atoms with van der Waals surface area (Å²) in [6, 6.07) is 0. The van der Waals surface area contributed by atoms with Crippen molar-refractivity contribution in [2.75, 3.05) is 31.1 Å². The Morgan fingerprint density at radius 2 is 1.89 bits per heavy atom. The van der Waals surface area contributed by atoms with E-state index < -0.39 is 0 Å². The Morgan fingerprint density at radius 3 is 2.50 bits per heavy atom. The van der Waals surface area contributed by atoms with Crippen molar-refractivity contribution in [2.24, 2.45) is 5.41 Å². The number of carbonyl (C=O) groups is 2. The smallest absolute Gasteiger partial charge is 0.256 e. The summed E-state index contributed by atoms with van der Waals surface area (Å²) in [6.45, 7) is 11.2. The molecule has 0 aromatic carbocycles. The minimum absolute atomic E-state index is 0.00196. The highest BCUT2D eigenvalue weighted by Gasteiger charge is 2.38. The quantitative estimate of drug-likeness (QED) is 0.753. The predicted molar refractivity (Wildman–Crippen MR) is 108 cm³/mol. The highest BCUT2D eigenvalue weighted by Crippen LogP contribution is 2.45. The Hall–Kier alpha value is -1.95. The Labute approximate surface area is 167 Å². The van der Waals surface area contributed by atoms with Gasteiger partial charge in [-0.3, -0.25) is 9.59 Å². The topological polar surface area (TPSA) is 62.7 Å². The maximum Gasteiger partial charge on any atom is 0.256 e. The second kappa shape index (κ2) is 7.14. The van der Waals surface area contributed by atoms with E-state index in [9.17, 15) is 9.59 Å². The Morgan fingerprint density at radius 1 is 1.21 bits per heavy atom. The van der Waals surface area contributed by atoms with Gasteiger partial charge in [0.25, 0.3) is 5.91 Å². The third kappa shape index (κ3) is 3.66. The molecule has 0 atom stereocenters. The second-order valence-corrected chi connectivity index (χ2v) is 9.18. The van der Waals surface area contributed by atoms with Crippen molar-refractivity contribution < 1.29 is 14.3 Å². The fourth-order valence-electron chi connectivity index (χ4n) is 4.26. The van der Waals surface area contributed by atoms with Gasteiger partial charge in [0.2, 0.25) is 0 Å². The average Bonchev–Trinajstić information content (AvgIpc) is 3.32. The number of pyridine rings is 1. The molecule has 28 heavy (non-hydrogen) atoms. The lowest BCUT2D eigenvalue weighted by Crippen LogP contribution is -2.38. The van der Waals surface area contributed by atoms with Crippen LogP contribution in [0.3, 0.4) is 0 Å². The van der Waals surface area contributed by atoms with E-state index in [0.29, 0.717) is 23.6 Å². The van der Waals surface area contributed by atoms with Gasteiger partial charge in [-0.2, -0.15) is 0 Å². The first kappa shape index (κ1) is 19.4. The molecule has 0 bridgehead atoms. The van der Waals surface area contributed by atoms with Gasteiger partial charge in [-0.25, -0.2) is 4.98 Å². The van der Waals surface area contributed by atoms with E-state index in [2.05, 4.69) is 18.7 Å². The molecule has 1 aromatic heterocycles. The maximum atomic E-state index is 12.7. The van der Waals surface area contributed by atoms with Crippen molar-refractivity contribution in [3.05, 3.63) is 22.4 Å². The molecule has 0 N–H and O–H groups in total. The summed E-state index contributed by atoms with van der Waals surface area (Å²) < 4.78 is 6.16. The first-order valence-electron chi connectivity index (χ1n) is 10.4. The van der Waals surface area contributed by atoms with Gasteiger partial charge in [0.1, 0.15) is 11.6 Å². The van der Waals surface area contributed by atoms with E-state index >= 15 is 0 Å². The van der Waals surface area contributed by atoms with Crippen LogP contribution in [-0.4, -0.2) is 53.9 Å². The van der Waals surface area contributed by atoms with Crippen LogP contribution in [0.4, 0.5) is 5.82 Å². The van der Waals surface area contributed by atoms with Crippen LogP contribution in [0.5, 0.6) is 0 Å². The number of ketones is 1. The summed E-state index contributed by atoms with van der Waals surface area (Å²) in [5.41, 5.74) is 4.01. The van der Waals surface area contributed by atoms with Crippen LogP contribution in [0.25, 0.3) is 0 Å². The maximum absolute atomic E-state index is 12.7. The van der Waals surface area contributed by atoms with Crippen molar-refractivity contribution in [2.45, 2.75) is 66.0 Å². The lowest BCUT2D eigenvalue weighted by molar-refractivity contribution is -0.117. The van der Waals surface area contributed by atoms with Gasteiger partial charge in [-0.1, -0.05) is 6.92 Å². The number of aromatic nitrogens is 1. The van der Waals surface area contributed by atoms with E-state index in [4.69, 9.17) is 9.72 Å². The van der Waals surface area contributed by atoms with Gasteiger partial charge in [-0.05, 0) is 63.0 Å². The van der Waals surface area contributed by atoms with Gasteiger partial charge in [-0.15, -0.1) is 0 Å². The molecule has 152 valence electrons. The molecule has 0 radical (unpaired) electrons. The first-order valence-corrected chi connectivity index (χ1v) is 10.4. The van der Waals surface area contributed by atoms with Gasteiger partial charge in [0.05, 0.1) is 37.1 Å². The van der Waals surface area contributed by atoms with Crippen LogP contribution in [0.1, 0.15) is 66.7 Å². The van der Waals surface area contributed by atoms with E-state index in [-0.39, 0.29) is 18.2 Å². The number of ether oxygens (including phenoxy) is 1. The molecule has 6 heteroatoms. The minimum atomic E-state index is -0.0643. The lowest BCUT2D eigenvalue weighted by atomic mass is 10.0. The number of amides is 1. The van der Waals surface area contributed by atoms with Gasteiger partial charge in [0, 0.05) is 13.1 Å². The number of hydrogen-bond acceptors (Lipinski definition) is 5. The van der Waals surface area contributed by atoms with Gasteiger partial charge >= 0.3 is 0 Å². The van der Waals surface area contributed by atoms with Crippen molar-refractivity contribution in [1.29, 1.82) is 0 Å². The van der Waals surface area contributed by atoms with Crippen LogP contribution >= 0.6 is 0 Å². The normalized spacial score (nSPS) is 21.2. The summed E-state index contributed by atoms with van der Waals surface area (Å²) >= 11 is 0. The third-order valence-corrected chi connectivity index (χ3v) is 6.57. The van der Waals surface area contributed by atoms with Crippen molar-refractivity contribution in [1.82, 2.24) is 9.88 Å². The van der Waals surface area contributed by atoms with E-state index in [1.165, 1.54) is 19.8 Å². The number of hydrogen-bond donors (Lipinski definition) is 0. The zero-order valence-corrected chi connectivity index (χ0v) is 17.5. The molecular weight excluding hydrogens is 354 g/mol. The van der Waals surface area contributed by atoms with Crippen LogP contribution in [0.15, 0.2) is 0 Å². The van der Waals surface area contributed by atoms with Crippen molar-refractivity contribution in [3.8, 4) is 0 Å². The monoisotopic (exact) mass is 385 g/mol. The molecule has 4 rings (SSSR count). The van der Waals surface area contributed by atoms with E-state index in [1.54, 1.807) is 4.90 Å². The number of anilines is 1. The number of rotatable bonds is 6. The Bertz CT molecular complexity index is 808. The van der Waals surface area contributed by atoms with Gasteiger partial charge in [0.15, 0.2) is 0 Å². The molecule has 3 aliphatic rings. The zero-order chi connectivity index (χ0) is 20.1. The predicted octanol–water partition coefficient (Wildman–Crippen LogP) is 3.03. The SMILES string of the molecule is CC(=O)CN1Cc2nc(N3CCC(OCC4(C)CC4)CC3)c(C)c(C)c2C1=O. The number of piperidine rings is 1. The summed E-state index contributed by atoms with van der Waals surface area (Å²) in [4.78, 5) is 33.0. The molecule has 6 nitrogen and oxygen atoms in total. The van der Waals surface area contributed by atoms with Crippen LogP contribution < -0.4 is 4.90 Å². The highest BCUT2D eigenvalue weighted by molar-refractivity contribution is 6.01. The lowest BCUT2D eigenvalue weighted by Gasteiger charge is -2.34. The minimum Gasteiger partial charge on any atom is -0.378 e. The Kier molecular flexibility index (Phi) is 4.94. The summed E-state index contributed by atoms with van der Waals surface area (Å²) in [7, 11) is 0. The van der Waals surface area contributed by atoms with Gasteiger partial charge < -0.3 is 14.5 Å². The number of carbonyl (C=O) groups excluding carboxylic acids is 2. The fourth-order valence-corrected chi connectivity index (χ4v) is 4.26. The first-order chi connectivity index (χ1) is 13.3. The fraction of sp³-hybridized carbons (Fsp3) is 0.682. The number of fused-ring (bicyclic) bond motifs is 1. The molecular formula is C22H31N3O3. The van der Waals surface area contributed by atoms with Crippen LogP contribution in [-0.2, 0) is 16.1 Å². The molecule has 0 spiro atoms. The summed E-state index contributed by atoms with van der Waals surface area (Å²) in [6.07, 6.45) is 4.97. The molecule has 1 saturated carbocycles. The molecule has 2 fully saturated rings.